The lowest BCUT2D eigenvalue weighted by Gasteiger charge is -2.32. The lowest BCUT2D eigenvalue weighted by atomic mass is 9.91. The molecule has 2 aromatic heterocycles. The number of benzene rings is 1. The fraction of sp³-hybridized carbons (Fsp3) is 0.407. The highest BCUT2D eigenvalue weighted by Gasteiger charge is 2.23. The van der Waals surface area contributed by atoms with Crippen LogP contribution in [-0.4, -0.2) is 83.5 Å². The maximum Gasteiger partial charge on any atom is 0.162 e. The van der Waals surface area contributed by atoms with Crippen LogP contribution in [0.5, 0.6) is 5.75 Å². The van der Waals surface area contributed by atoms with Crippen molar-refractivity contribution in [3.8, 4) is 16.9 Å². The molecule has 1 fully saturated rings. The van der Waals surface area contributed by atoms with Gasteiger partial charge in [-0.3, -0.25) is 4.90 Å². The van der Waals surface area contributed by atoms with E-state index in [1.165, 1.54) is 0 Å². The number of methoxy groups -OCH3 is 1. The minimum absolute atomic E-state index is 0.243. The number of fused-ring (bicyclic) bond motifs is 1. The van der Waals surface area contributed by atoms with E-state index in [4.69, 9.17) is 14.5 Å². The van der Waals surface area contributed by atoms with Crippen LogP contribution in [0.4, 0.5) is 0 Å². The minimum Gasteiger partial charge on any atom is -0.492 e. The molecule has 1 saturated heterocycles. The second-order valence-electron chi connectivity index (χ2n) is 9.40. The predicted molar refractivity (Wildman–Crippen MR) is 135 cm³/mol. The van der Waals surface area contributed by atoms with Crippen molar-refractivity contribution >= 4 is 11.2 Å². The Morgan fingerprint density at radius 3 is 2.53 bits per heavy atom. The number of piperazine rings is 1. The fourth-order valence-corrected chi connectivity index (χ4v) is 4.40. The molecule has 1 aromatic carbocycles. The van der Waals surface area contributed by atoms with Gasteiger partial charge in [0.05, 0.1) is 11.8 Å². The van der Waals surface area contributed by atoms with Gasteiger partial charge in [-0.2, -0.15) is 5.10 Å². The Bertz CT molecular complexity index is 1190. The summed E-state index contributed by atoms with van der Waals surface area (Å²) in [5, 5.41) is 4.56. The first-order valence-electron chi connectivity index (χ1n) is 12.0. The Labute approximate surface area is 201 Å². The van der Waals surface area contributed by atoms with Gasteiger partial charge in [-0.1, -0.05) is 30.4 Å². The third-order valence-corrected chi connectivity index (χ3v) is 6.94. The number of rotatable bonds is 7. The van der Waals surface area contributed by atoms with Gasteiger partial charge in [-0.05, 0) is 43.7 Å². The molecule has 1 unspecified atom stereocenters. The van der Waals surface area contributed by atoms with Crippen LogP contribution in [0.2, 0.25) is 0 Å². The Hall–Kier alpha value is -3.00. The number of hydrogen-bond donors (Lipinski definition) is 0. The zero-order valence-electron chi connectivity index (χ0n) is 20.3. The first kappa shape index (κ1) is 22.8. The second kappa shape index (κ2) is 9.70. The number of likely N-dealkylation sites (N-methyl/N-ethyl adjacent to an activating group) is 1. The van der Waals surface area contributed by atoms with Gasteiger partial charge in [-0.25, -0.2) is 9.50 Å². The topological polar surface area (TPSA) is 55.1 Å². The number of ether oxygens (including phenoxy) is 2. The lowest BCUT2D eigenvalue weighted by molar-refractivity contribution is 0.0508. The second-order valence-corrected chi connectivity index (χ2v) is 9.40. The summed E-state index contributed by atoms with van der Waals surface area (Å²) in [4.78, 5) is 9.56. The first-order valence-corrected chi connectivity index (χ1v) is 12.0. The molecule has 178 valence electrons. The number of hydrogen-bond acceptors (Lipinski definition) is 6. The van der Waals surface area contributed by atoms with E-state index in [2.05, 4.69) is 59.2 Å². The van der Waals surface area contributed by atoms with Crippen molar-refractivity contribution in [2.75, 3.05) is 53.5 Å². The molecular weight excluding hydrogens is 426 g/mol. The molecule has 1 atom stereocenters. The third kappa shape index (κ3) is 4.92. The summed E-state index contributed by atoms with van der Waals surface area (Å²) in [6.45, 7) is 8.25. The van der Waals surface area contributed by atoms with Crippen molar-refractivity contribution in [1.29, 1.82) is 0 Å². The largest absolute Gasteiger partial charge is 0.492 e. The number of nitrogens with zero attached hydrogens (tertiary/aromatic N) is 5. The highest BCUT2D eigenvalue weighted by Crippen LogP contribution is 2.31. The number of allylic oxidation sites excluding steroid dienone is 2. The van der Waals surface area contributed by atoms with Gasteiger partial charge in [0, 0.05) is 63.4 Å². The molecule has 3 heterocycles. The van der Waals surface area contributed by atoms with Crippen LogP contribution < -0.4 is 4.74 Å². The highest BCUT2D eigenvalue weighted by molar-refractivity contribution is 5.83. The van der Waals surface area contributed by atoms with Crippen molar-refractivity contribution in [3.05, 3.63) is 66.6 Å². The van der Waals surface area contributed by atoms with Crippen molar-refractivity contribution in [2.45, 2.75) is 18.9 Å². The molecule has 0 saturated carbocycles. The summed E-state index contributed by atoms with van der Waals surface area (Å²) in [7, 11) is 3.92. The summed E-state index contributed by atoms with van der Waals surface area (Å²) in [6, 6.07) is 8.22. The van der Waals surface area contributed by atoms with Gasteiger partial charge in [0.15, 0.2) is 5.65 Å². The normalized spacial score (nSPS) is 21.7. The Balaban J connectivity index is 1.23. The SMILES string of the molecule is COC1(C)C=CC(c2cnn3cc(-c4ccc(OCCN5CCN(C)CC5)cc4)cnc23)=CC1. The molecule has 0 N–H and O–H groups in total. The van der Waals surface area contributed by atoms with E-state index in [-0.39, 0.29) is 5.60 Å². The molecular formula is C27H33N5O2. The average molecular weight is 460 g/mol. The van der Waals surface area contributed by atoms with Crippen LogP contribution >= 0.6 is 0 Å². The summed E-state index contributed by atoms with van der Waals surface area (Å²) >= 11 is 0. The van der Waals surface area contributed by atoms with Crippen molar-refractivity contribution < 1.29 is 9.47 Å². The predicted octanol–water partition coefficient (Wildman–Crippen LogP) is 3.77. The van der Waals surface area contributed by atoms with E-state index in [0.717, 1.165) is 72.8 Å². The molecule has 2 aliphatic rings. The van der Waals surface area contributed by atoms with Crippen molar-refractivity contribution in [3.63, 3.8) is 0 Å². The van der Waals surface area contributed by atoms with E-state index >= 15 is 0 Å². The number of aromatic nitrogens is 3. The van der Waals surface area contributed by atoms with Gasteiger partial charge < -0.3 is 14.4 Å². The molecule has 3 aromatic rings. The van der Waals surface area contributed by atoms with E-state index in [1.54, 1.807) is 7.11 Å². The van der Waals surface area contributed by atoms with Crippen molar-refractivity contribution in [2.24, 2.45) is 0 Å². The molecule has 0 spiro atoms. The van der Waals surface area contributed by atoms with E-state index in [9.17, 15) is 0 Å². The Morgan fingerprint density at radius 1 is 1.03 bits per heavy atom. The van der Waals surface area contributed by atoms with E-state index < -0.39 is 0 Å². The van der Waals surface area contributed by atoms with Crippen molar-refractivity contribution in [1.82, 2.24) is 24.4 Å². The van der Waals surface area contributed by atoms with Gasteiger partial charge in [0.2, 0.25) is 0 Å². The standard InChI is InChI=1S/C27H33N5O2/c1-27(33-3)10-8-22(9-11-27)25-19-29-32-20-23(18-28-26(25)32)21-4-6-24(7-5-21)34-17-16-31-14-12-30(2)13-15-31/h4-10,18-20H,11-17H2,1-3H3. The first-order chi connectivity index (χ1) is 16.5. The molecule has 0 amide bonds. The minimum atomic E-state index is -0.243. The van der Waals surface area contributed by atoms with Crippen LogP contribution in [0, 0.1) is 0 Å². The summed E-state index contributed by atoms with van der Waals surface area (Å²) in [5.41, 5.74) is 4.88. The third-order valence-electron chi connectivity index (χ3n) is 6.94. The summed E-state index contributed by atoms with van der Waals surface area (Å²) < 4.78 is 13.4. The smallest absolute Gasteiger partial charge is 0.162 e. The van der Waals surface area contributed by atoms with Crippen LogP contribution in [-0.2, 0) is 4.74 Å². The van der Waals surface area contributed by atoms with Gasteiger partial charge in [-0.15, -0.1) is 0 Å². The Kier molecular flexibility index (Phi) is 6.50. The van der Waals surface area contributed by atoms with Crippen LogP contribution in [0.3, 0.4) is 0 Å². The Morgan fingerprint density at radius 2 is 1.82 bits per heavy atom. The zero-order chi connectivity index (χ0) is 23.5. The van der Waals surface area contributed by atoms with Crippen LogP contribution in [0.25, 0.3) is 22.3 Å². The molecule has 0 radical (unpaired) electrons. The lowest BCUT2D eigenvalue weighted by Crippen LogP contribution is -2.45. The maximum absolute atomic E-state index is 5.98. The molecule has 1 aliphatic carbocycles. The monoisotopic (exact) mass is 459 g/mol. The quantitative estimate of drug-likeness (QED) is 0.536. The fourth-order valence-electron chi connectivity index (χ4n) is 4.40. The van der Waals surface area contributed by atoms with Gasteiger partial charge in [0.25, 0.3) is 0 Å². The van der Waals surface area contributed by atoms with E-state index in [1.807, 2.05) is 35.2 Å². The van der Waals surface area contributed by atoms with Gasteiger partial charge in [0.1, 0.15) is 12.4 Å². The maximum atomic E-state index is 5.98. The summed E-state index contributed by atoms with van der Waals surface area (Å²) in [6.07, 6.45) is 13.1. The summed E-state index contributed by atoms with van der Waals surface area (Å²) in [5.74, 6) is 0.896. The molecule has 1 aliphatic heterocycles. The zero-order valence-corrected chi connectivity index (χ0v) is 20.3. The average Bonchev–Trinajstić information content (AvgIpc) is 3.29. The van der Waals surface area contributed by atoms with Gasteiger partial charge >= 0.3 is 0 Å². The molecule has 7 heteroatoms. The molecule has 34 heavy (non-hydrogen) atoms. The molecule has 0 bridgehead atoms. The highest BCUT2D eigenvalue weighted by atomic mass is 16.5. The molecule has 7 nitrogen and oxygen atoms in total. The van der Waals surface area contributed by atoms with E-state index in [0.29, 0.717) is 6.61 Å². The molecule has 5 rings (SSSR count). The van der Waals surface area contributed by atoms with Crippen LogP contribution in [0.15, 0.2) is 61.1 Å². The van der Waals surface area contributed by atoms with Crippen LogP contribution in [0.1, 0.15) is 18.9 Å².